The first-order chi connectivity index (χ1) is 11.8. The number of rotatable bonds is 5. The Bertz CT molecular complexity index is 648. The van der Waals surface area contributed by atoms with E-state index in [9.17, 15) is 9.90 Å². The minimum absolute atomic E-state index is 0.0810. The molecule has 0 spiro atoms. The third-order valence-corrected chi connectivity index (χ3v) is 4.23. The van der Waals surface area contributed by atoms with Gasteiger partial charge in [0, 0.05) is 6.61 Å². The van der Waals surface area contributed by atoms with Crippen LogP contribution in [0.25, 0.3) is 0 Å². The zero-order valence-electron chi connectivity index (χ0n) is 13.4. The zero-order valence-corrected chi connectivity index (χ0v) is 13.4. The number of ether oxygens (including phenoxy) is 1. The molecular weight excluding hydrogens is 304 g/mol. The Balaban J connectivity index is 1.61. The summed E-state index contributed by atoms with van der Waals surface area (Å²) in [7, 11) is 0. The van der Waals surface area contributed by atoms with Crippen molar-refractivity contribution in [3.63, 3.8) is 0 Å². The van der Waals surface area contributed by atoms with Crippen molar-refractivity contribution in [3.05, 3.63) is 71.8 Å². The summed E-state index contributed by atoms with van der Waals surface area (Å²) in [6.07, 6.45) is 0.628. The molecule has 5 heteroatoms. The van der Waals surface area contributed by atoms with Crippen LogP contribution in [0.15, 0.2) is 60.7 Å². The van der Waals surface area contributed by atoms with E-state index in [1.165, 1.54) is 0 Å². The number of carbonyl (C=O) groups excluding carboxylic acids is 1. The molecular formula is C19H22N2O3. The predicted octanol–water partition coefficient (Wildman–Crippen LogP) is 2.55. The van der Waals surface area contributed by atoms with Crippen LogP contribution in [0.4, 0.5) is 4.79 Å². The highest BCUT2D eigenvalue weighted by atomic mass is 16.5. The highest BCUT2D eigenvalue weighted by Crippen LogP contribution is 2.28. The number of carbonyl (C=O) groups is 1. The first-order valence-corrected chi connectivity index (χ1v) is 8.17. The van der Waals surface area contributed by atoms with Gasteiger partial charge < -0.3 is 20.5 Å². The summed E-state index contributed by atoms with van der Waals surface area (Å²) in [5.74, 6) is 0. The van der Waals surface area contributed by atoms with Crippen molar-refractivity contribution in [2.24, 2.45) is 0 Å². The molecule has 1 fully saturated rings. The summed E-state index contributed by atoms with van der Waals surface area (Å²) in [6.45, 7) is 0.466. The van der Waals surface area contributed by atoms with E-state index in [1.807, 2.05) is 60.7 Å². The van der Waals surface area contributed by atoms with Crippen LogP contribution < -0.4 is 10.6 Å². The SMILES string of the molecule is O=C(NC(CO)c1ccccc1)NC1CCOC1c1ccccc1. The number of hydrogen-bond donors (Lipinski definition) is 3. The average molecular weight is 326 g/mol. The van der Waals surface area contributed by atoms with Crippen molar-refractivity contribution in [2.75, 3.05) is 13.2 Å². The molecule has 1 aliphatic rings. The number of aliphatic hydroxyl groups is 1. The molecule has 2 amide bonds. The molecule has 0 saturated carbocycles. The summed E-state index contributed by atoms with van der Waals surface area (Å²) < 4.78 is 5.78. The van der Waals surface area contributed by atoms with Crippen LogP contribution in [0.2, 0.25) is 0 Å². The fraction of sp³-hybridized carbons (Fsp3) is 0.316. The van der Waals surface area contributed by atoms with Gasteiger partial charge in [0.15, 0.2) is 0 Å². The van der Waals surface area contributed by atoms with Crippen LogP contribution in [-0.2, 0) is 4.74 Å². The standard InChI is InChI=1S/C19H22N2O3/c22-13-17(14-7-3-1-4-8-14)21-19(23)20-16-11-12-24-18(16)15-9-5-2-6-10-15/h1-10,16-18,22H,11-13H2,(H2,20,21,23). The molecule has 2 aromatic carbocycles. The van der Waals surface area contributed by atoms with Crippen molar-refractivity contribution < 1.29 is 14.6 Å². The molecule has 1 aliphatic heterocycles. The minimum atomic E-state index is -0.427. The van der Waals surface area contributed by atoms with Crippen molar-refractivity contribution in [3.8, 4) is 0 Å². The summed E-state index contributed by atoms with van der Waals surface area (Å²) >= 11 is 0. The van der Waals surface area contributed by atoms with Gasteiger partial charge in [-0.2, -0.15) is 0 Å². The molecule has 3 unspecified atom stereocenters. The maximum absolute atomic E-state index is 12.3. The molecule has 0 aliphatic carbocycles. The molecule has 0 radical (unpaired) electrons. The smallest absolute Gasteiger partial charge is 0.315 e. The first-order valence-electron chi connectivity index (χ1n) is 8.17. The van der Waals surface area contributed by atoms with E-state index in [0.29, 0.717) is 6.61 Å². The van der Waals surface area contributed by atoms with Gasteiger partial charge in [-0.3, -0.25) is 0 Å². The average Bonchev–Trinajstić information content (AvgIpc) is 3.09. The monoisotopic (exact) mass is 326 g/mol. The summed E-state index contributed by atoms with van der Waals surface area (Å²) in [5, 5.41) is 15.4. The molecule has 2 aromatic rings. The highest BCUT2D eigenvalue weighted by Gasteiger charge is 2.31. The molecule has 0 aromatic heterocycles. The second-order valence-electron chi connectivity index (χ2n) is 5.86. The molecule has 3 atom stereocenters. The van der Waals surface area contributed by atoms with Crippen molar-refractivity contribution in [1.82, 2.24) is 10.6 Å². The maximum atomic E-state index is 12.3. The number of benzene rings is 2. The lowest BCUT2D eigenvalue weighted by Crippen LogP contribution is -2.45. The van der Waals surface area contributed by atoms with Gasteiger partial charge >= 0.3 is 6.03 Å². The normalized spacial score (nSPS) is 21.2. The Morgan fingerprint density at radius 2 is 1.79 bits per heavy atom. The fourth-order valence-electron chi connectivity index (χ4n) is 3.00. The van der Waals surface area contributed by atoms with Crippen molar-refractivity contribution in [1.29, 1.82) is 0 Å². The molecule has 1 saturated heterocycles. The van der Waals surface area contributed by atoms with Crippen molar-refractivity contribution >= 4 is 6.03 Å². The van der Waals surface area contributed by atoms with Crippen LogP contribution in [0.3, 0.4) is 0 Å². The van der Waals surface area contributed by atoms with Gasteiger partial charge in [0.05, 0.1) is 18.7 Å². The Morgan fingerprint density at radius 3 is 2.46 bits per heavy atom. The van der Waals surface area contributed by atoms with Crippen LogP contribution in [0.5, 0.6) is 0 Å². The Morgan fingerprint density at radius 1 is 1.12 bits per heavy atom. The molecule has 1 heterocycles. The number of urea groups is 1. The van der Waals surface area contributed by atoms with Gasteiger partial charge in [0.25, 0.3) is 0 Å². The molecule has 3 N–H and O–H groups in total. The quantitative estimate of drug-likeness (QED) is 0.791. The molecule has 5 nitrogen and oxygen atoms in total. The highest BCUT2D eigenvalue weighted by molar-refractivity contribution is 5.75. The van der Waals surface area contributed by atoms with Gasteiger partial charge in [-0.05, 0) is 17.5 Å². The van der Waals surface area contributed by atoms with Gasteiger partial charge in [0.1, 0.15) is 6.10 Å². The third kappa shape index (κ3) is 3.93. The van der Waals surface area contributed by atoms with E-state index in [4.69, 9.17) is 4.74 Å². The number of amides is 2. The van der Waals surface area contributed by atoms with E-state index in [-0.39, 0.29) is 24.8 Å². The van der Waals surface area contributed by atoms with E-state index in [2.05, 4.69) is 10.6 Å². The Labute approximate surface area is 141 Å². The third-order valence-electron chi connectivity index (χ3n) is 4.23. The molecule has 3 rings (SSSR count). The fourth-order valence-corrected chi connectivity index (χ4v) is 3.00. The first kappa shape index (κ1) is 16.5. The largest absolute Gasteiger partial charge is 0.394 e. The molecule has 24 heavy (non-hydrogen) atoms. The van der Waals surface area contributed by atoms with E-state index >= 15 is 0 Å². The summed E-state index contributed by atoms with van der Waals surface area (Å²) in [5.41, 5.74) is 1.93. The lowest BCUT2D eigenvalue weighted by atomic mass is 10.0. The number of nitrogens with one attached hydrogen (secondary N) is 2. The van der Waals surface area contributed by atoms with Gasteiger partial charge in [0.2, 0.25) is 0 Å². The zero-order chi connectivity index (χ0) is 16.8. The number of aliphatic hydroxyl groups excluding tert-OH is 1. The van der Waals surface area contributed by atoms with Gasteiger partial charge in [-0.25, -0.2) is 4.79 Å². The Hall–Kier alpha value is -2.37. The molecule has 126 valence electrons. The second-order valence-corrected chi connectivity index (χ2v) is 5.86. The van der Waals surface area contributed by atoms with Crippen LogP contribution in [-0.4, -0.2) is 30.4 Å². The lowest BCUT2D eigenvalue weighted by Gasteiger charge is -2.23. The maximum Gasteiger partial charge on any atom is 0.315 e. The summed E-state index contributed by atoms with van der Waals surface area (Å²) in [6, 6.07) is 18.5. The van der Waals surface area contributed by atoms with E-state index < -0.39 is 6.04 Å². The second kappa shape index (κ2) is 7.95. The van der Waals surface area contributed by atoms with Gasteiger partial charge in [-0.1, -0.05) is 60.7 Å². The summed E-state index contributed by atoms with van der Waals surface area (Å²) in [4.78, 5) is 12.3. The van der Waals surface area contributed by atoms with Crippen molar-refractivity contribution in [2.45, 2.75) is 24.6 Å². The van der Waals surface area contributed by atoms with Crippen LogP contribution in [0, 0.1) is 0 Å². The Kier molecular flexibility index (Phi) is 5.46. The minimum Gasteiger partial charge on any atom is -0.394 e. The van der Waals surface area contributed by atoms with E-state index in [1.54, 1.807) is 0 Å². The topological polar surface area (TPSA) is 70.6 Å². The van der Waals surface area contributed by atoms with Gasteiger partial charge in [-0.15, -0.1) is 0 Å². The number of hydrogen-bond acceptors (Lipinski definition) is 3. The molecule has 0 bridgehead atoms. The van der Waals surface area contributed by atoms with Crippen LogP contribution >= 0.6 is 0 Å². The predicted molar refractivity (Wildman–Crippen MR) is 91.5 cm³/mol. The lowest BCUT2D eigenvalue weighted by molar-refractivity contribution is 0.0996. The van der Waals surface area contributed by atoms with Crippen LogP contribution in [0.1, 0.15) is 29.7 Å². The van der Waals surface area contributed by atoms with E-state index in [0.717, 1.165) is 17.5 Å².